The van der Waals surface area contributed by atoms with Gasteiger partial charge in [0.05, 0.1) is 18.1 Å². The van der Waals surface area contributed by atoms with E-state index in [1.54, 1.807) is 31.4 Å². The van der Waals surface area contributed by atoms with Gasteiger partial charge in [-0.1, -0.05) is 0 Å². The highest BCUT2D eigenvalue weighted by atomic mass is 32.2. The summed E-state index contributed by atoms with van der Waals surface area (Å²) in [5.41, 5.74) is 0. The van der Waals surface area contributed by atoms with Crippen LogP contribution in [0.3, 0.4) is 0 Å². The Morgan fingerprint density at radius 1 is 1.08 bits per heavy atom. The zero-order chi connectivity index (χ0) is 17.3. The Morgan fingerprint density at radius 2 is 1.71 bits per heavy atom. The molecule has 0 bridgehead atoms. The van der Waals surface area contributed by atoms with Gasteiger partial charge in [0, 0.05) is 45.3 Å². The number of ether oxygens (including phenoxy) is 1. The van der Waals surface area contributed by atoms with Crippen molar-refractivity contribution in [3.05, 3.63) is 24.3 Å². The van der Waals surface area contributed by atoms with Crippen LogP contribution in [0.2, 0.25) is 0 Å². The molecule has 134 valence electrons. The average Bonchev–Trinajstić information content (AvgIpc) is 2.93. The molecule has 0 saturated carbocycles. The maximum Gasteiger partial charge on any atom is 0.243 e. The molecule has 2 saturated heterocycles. The van der Waals surface area contributed by atoms with E-state index in [4.69, 9.17) is 4.74 Å². The summed E-state index contributed by atoms with van der Waals surface area (Å²) in [6.45, 7) is 3.68. The molecule has 1 N–H and O–H groups in total. The molecule has 7 nitrogen and oxygen atoms in total. The van der Waals surface area contributed by atoms with E-state index < -0.39 is 10.0 Å². The third kappa shape index (κ3) is 3.43. The maximum atomic E-state index is 12.7. The van der Waals surface area contributed by atoms with Crippen molar-refractivity contribution in [1.29, 1.82) is 0 Å². The molecule has 0 spiro atoms. The summed E-state index contributed by atoms with van der Waals surface area (Å²) in [6.07, 6.45) is -0.361. The van der Waals surface area contributed by atoms with Gasteiger partial charge in [0.2, 0.25) is 10.0 Å². The van der Waals surface area contributed by atoms with Crippen LogP contribution >= 0.6 is 0 Å². The molecule has 1 aromatic rings. The lowest BCUT2D eigenvalue weighted by atomic mass is 10.1. The molecule has 8 heteroatoms. The number of piperazine rings is 1. The minimum Gasteiger partial charge on any atom is -0.497 e. The van der Waals surface area contributed by atoms with Gasteiger partial charge in [0.1, 0.15) is 5.75 Å². The highest BCUT2D eigenvalue weighted by molar-refractivity contribution is 7.89. The fourth-order valence-corrected chi connectivity index (χ4v) is 4.91. The van der Waals surface area contributed by atoms with Crippen molar-refractivity contribution in [2.45, 2.75) is 17.0 Å². The quantitative estimate of drug-likeness (QED) is 0.798. The topological polar surface area (TPSA) is 73.3 Å². The minimum absolute atomic E-state index is 0.0980. The SMILES string of the molecule is COc1ccc(S(=O)(=O)N2CCN([C@H]3CN(C)C[C@@H]3O)CC2)cc1. The smallest absolute Gasteiger partial charge is 0.243 e. The molecule has 3 rings (SSSR count). The largest absolute Gasteiger partial charge is 0.497 e. The van der Waals surface area contributed by atoms with Crippen LogP contribution < -0.4 is 4.74 Å². The van der Waals surface area contributed by atoms with Crippen LogP contribution in [-0.2, 0) is 10.0 Å². The Kier molecular flexibility index (Phi) is 5.12. The van der Waals surface area contributed by atoms with E-state index in [-0.39, 0.29) is 17.0 Å². The highest BCUT2D eigenvalue weighted by Crippen LogP contribution is 2.22. The minimum atomic E-state index is -3.48. The molecule has 0 amide bonds. The number of rotatable bonds is 4. The fraction of sp³-hybridized carbons (Fsp3) is 0.625. The van der Waals surface area contributed by atoms with Crippen molar-refractivity contribution < 1.29 is 18.3 Å². The number of hydrogen-bond acceptors (Lipinski definition) is 6. The second kappa shape index (κ2) is 6.97. The molecule has 2 atom stereocenters. The molecule has 0 unspecified atom stereocenters. The first-order valence-corrected chi connectivity index (χ1v) is 9.60. The van der Waals surface area contributed by atoms with Gasteiger partial charge < -0.3 is 14.7 Å². The Bertz CT molecular complexity index is 656. The summed E-state index contributed by atoms with van der Waals surface area (Å²) in [6, 6.07) is 6.58. The van der Waals surface area contributed by atoms with E-state index in [0.717, 1.165) is 6.54 Å². The molecular formula is C16H25N3O4S. The fourth-order valence-electron chi connectivity index (χ4n) is 3.49. The van der Waals surface area contributed by atoms with Crippen molar-refractivity contribution in [3.63, 3.8) is 0 Å². The molecule has 2 aliphatic heterocycles. The van der Waals surface area contributed by atoms with E-state index in [0.29, 0.717) is 38.5 Å². The second-order valence-corrected chi connectivity index (χ2v) is 8.41. The molecule has 2 fully saturated rings. The van der Waals surface area contributed by atoms with Gasteiger partial charge in [-0.15, -0.1) is 0 Å². The van der Waals surface area contributed by atoms with Crippen molar-refractivity contribution >= 4 is 10.0 Å². The number of likely N-dealkylation sites (tertiary alicyclic amines) is 1. The van der Waals surface area contributed by atoms with Crippen LogP contribution in [0.15, 0.2) is 29.2 Å². The summed E-state index contributed by atoms with van der Waals surface area (Å²) >= 11 is 0. The van der Waals surface area contributed by atoms with Crippen molar-refractivity contribution in [3.8, 4) is 5.75 Å². The highest BCUT2D eigenvalue weighted by Gasteiger charge is 2.37. The molecule has 2 aliphatic rings. The number of β-amino-alcohol motifs (C(OH)–C–C–N with tert-alkyl or cyclic N) is 1. The van der Waals surface area contributed by atoms with Gasteiger partial charge in [-0.3, -0.25) is 4.90 Å². The summed E-state index contributed by atoms with van der Waals surface area (Å²) in [4.78, 5) is 4.60. The van der Waals surface area contributed by atoms with Crippen LogP contribution in [0, 0.1) is 0 Å². The van der Waals surface area contributed by atoms with E-state index in [9.17, 15) is 13.5 Å². The number of aliphatic hydroxyl groups is 1. The van der Waals surface area contributed by atoms with Crippen molar-refractivity contribution in [1.82, 2.24) is 14.1 Å². The van der Waals surface area contributed by atoms with Gasteiger partial charge in [-0.2, -0.15) is 4.31 Å². The van der Waals surface area contributed by atoms with Crippen LogP contribution in [0.5, 0.6) is 5.75 Å². The molecule has 1 aromatic carbocycles. The normalized spacial score (nSPS) is 27.5. The van der Waals surface area contributed by atoms with Crippen LogP contribution in [0.1, 0.15) is 0 Å². The predicted octanol–water partition coefficient (Wildman–Crippen LogP) is -0.324. The lowest BCUT2D eigenvalue weighted by Gasteiger charge is -2.38. The Hall–Kier alpha value is -1.19. The van der Waals surface area contributed by atoms with Crippen molar-refractivity contribution in [2.24, 2.45) is 0 Å². The number of likely N-dealkylation sites (N-methyl/N-ethyl adjacent to an activating group) is 1. The zero-order valence-electron chi connectivity index (χ0n) is 14.1. The van der Waals surface area contributed by atoms with Crippen LogP contribution in [-0.4, -0.2) is 93.2 Å². The molecule has 0 radical (unpaired) electrons. The number of benzene rings is 1. The standard InChI is InChI=1S/C16H25N3O4S/c1-17-11-15(16(20)12-17)18-7-9-19(10-8-18)24(21,22)14-5-3-13(23-2)4-6-14/h3-6,15-16,20H,7-12H2,1-2H3/t15-,16-/m0/s1. The summed E-state index contributed by atoms with van der Waals surface area (Å²) in [5.74, 6) is 0.637. The number of hydrogen-bond donors (Lipinski definition) is 1. The molecule has 2 heterocycles. The van der Waals surface area contributed by atoms with Gasteiger partial charge in [-0.05, 0) is 31.3 Å². The first kappa shape index (κ1) is 17.6. The third-order valence-electron chi connectivity index (χ3n) is 4.88. The maximum absolute atomic E-state index is 12.7. The van der Waals surface area contributed by atoms with Crippen LogP contribution in [0.4, 0.5) is 0 Å². The number of nitrogens with zero attached hydrogens (tertiary/aromatic N) is 3. The lowest BCUT2D eigenvalue weighted by Crippen LogP contribution is -2.54. The van der Waals surface area contributed by atoms with Gasteiger partial charge in [0.25, 0.3) is 0 Å². The van der Waals surface area contributed by atoms with Crippen LogP contribution in [0.25, 0.3) is 0 Å². The first-order chi connectivity index (χ1) is 11.4. The van der Waals surface area contributed by atoms with Gasteiger partial charge >= 0.3 is 0 Å². The number of methoxy groups -OCH3 is 1. The summed E-state index contributed by atoms with van der Waals surface area (Å²) in [5, 5.41) is 10.1. The van der Waals surface area contributed by atoms with E-state index in [1.165, 1.54) is 4.31 Å². The van der Waals surface area contributed by atoms with E-state index in [1.807, 2.05) is 7.05 Å². The molecule has 0 aliphatic carbocycles. The molecule has 24 heavy (non-hydrogen) atoms. The van der Waals surface area contributed by atoms with Gasteiger partial charge in [-0.25, -0.2) is 8.42 Å². The molecular weight excluding hydrogens is 330 g/mol. The monoisotopic (exact) mass is 355 g/mol. The number of aliphatic hydroxyl groups excluding tert-OH is 1. The first-order valence-electron chi connectivity index (χ1n) is 8.16. The Balaban J connectivity index is 1.65. The Labute approximate surface area is 143 Å². The zero-order valence-corrected chi connectivity index (χ0v) is 14.9. The number of sulfonamides is 1. The average molecular weight is 355 g/mol. The Morgan fingerprint density at radius 3 is 2.21 bits per heavy atom. The third-order valence-corrected chi connectivity index (χ3v) is 6.79. The second-order valence-electron chi connectivity index (χ2n) is 6.47. The van der Waals surface area contributed by atoms with E-state index in [2.05, 4.69) is 9.80 Å². The predicted molar refractivity (Wildman–Crippen MR) is 90.6 cm³/mol. The van der Waals surface area contributed by atoms with Crippen molar-refractivity contribution in [2.75, 3.05) is 53.4 Å². The van der Waals surface area contributed by atoms with E-state index >= 15 is 0 Å². The molecule has 0 aromatic heterocycles. The summed E-state index contributed by atoms with van der Waals surface area (Å²) < 4.78 is 32.1. The lowest BCUT2D eigenvalue weighted by molar-refractivity contribution is 0.0618. The van der Waals surface area contributed by atoms with Gasteiger partial charge in [0.15, 0.2) is 0 Å². The summed E-state index contributed by atoms with van der Waals surface area (Å²) in [7, 11) is 0.0668.